The third kappa shape index (κ3) is 7.96. The van der Waals surface area contributed by atoms with E-state index in [1.54, 1.807) is 17.0 Å². The minimum absolute atomic E-state index is 0.0721. The van der Waals surface area contributed by atoms with Crippen molar-refractivity contribution in [1.82, 2.24) is 14.0 Å². The number of rotatable bonds is 12. The summed E-state index contributed by atoms with van der Waals surface area (Å²) in [4.78, 5) is 78.2. The van der Waals surface area contributed by atoms with Crippen LogP contribution in [-0.4, -0.2) is 104 Å². The number of hydrogen-bond donors (Lipinski definition) is 4. The van der Waals surface area contributed by atoms with Gasteiger partial charge in [0, 0.05) is 23.6 Å². The maximum absolute atomic E-state index is 13.7. The Morgan fingerprint density at radius 1 is 0.827 bits per heavy atom. The van der Waals surface area contributed by atoms with Gasteiger partial charge in [-0.25, -0.2) is 0 Å². The molecule has 0 spiro atoms. The fourth-order valence-electron chi connectivity index (χ4n) is 4.91. The molecule has 24 heteroatoms. The monoisotopic (exact) mass is 832 g/mol. The van der Waals surface area contributed by atoms with Gasteiger partial charge in [-0.05, 0) is 12.2 Å². The molecule has 1 fully saturated rings. The highest BCUT2D eigenvalue weighted by atomic mass is 32.2. The molecule has 52 heavy (non-hydrogen) atoms. The molecule has 2 aliphatic heterocycles. The second kappa shape index (κ2) is 15.3. The third-order valence-corrected chi connectivity index (χ3v) is 12.9. The van der Waals surface area contributed by atoms with Crippen LogP contribution in [0.5, 0.6) is 11.5 Å². The van der Waals surface area contributed by atoms with Crippen LogP contribution in [0.3, 0.4) is 0 Å². The molecule has 4 heterocycles. The molecule has 0 bridgehead atoms. The number of anilines is 1. The normalized spacial score (nSPS) is 17.3. The number of aromatic nitrogens is 2. The van der Waals surface area contributed by atoms with E-state index in [0.29, 0.717) is 61.5 Å². The number of ether oxygens (including phenoxy) is 2. The minimum atomic E-state index is -4.40. The molecule has 5 rings (SSSR count). The number of carboxylic acid groups (broad SMARTS) is 3. The lowest BCUT2D eigenvalue weighted by Gasteiger charge is -2.20. The van der Waals surface area contributed by atoms with Crippen LogP contribution >= 0.6 is 58.4 Å². The number of nitrogens with zero attached hydrogens (tertiary/aromatic N) is 4. The summed E-state index contributed by atoms with van der Waals surface area (Å²) in [6.07, 6.45) is 2.79. The highest BCUT2D eigenvalue weighted by Gasteiger charge is 2.36. The summed E-state index contributed by atoms with van der Waals surface area (Å²) in [6.45, 7) is -2.83. The maximum atomic E-state index is 13.7. The van der Waals surface area contributed by atoms with Gasteiger partial charge in [-0.3, -0.25) is 47.4 Å². The summed E-state index contributed by atoms with van der Waals surface area (Å²) in [6, 6.07) is 3.25. The zero-order chi connectivity index (χ0) is 38.2. The molecule has 4 N–H and O–H groups in total. The summed E-state index contributed by atoms with van der Waals surface area (Å²) in [5.74, 6) is -5.11. The molecule has 0 radical (unpaired) electrons. The number of amides is 1. The number of carboxylic acids is 3. The van der Waals surface area contributed by atoms with Crippen molar-refractivity contribution in [2.75, 3.05) is 38.0 Å². The molecule has 0 unspecified atom stereocenters. The second-order valence-electron chi connectivity index (χ2n) is 10.4. The van der Waals surface area contributed by atoms with Crippen LogP contribution in [0.25, 0.3) is 11.0 Å². The molecule has 276 valence electrons. The number of allylic oxidation sites excluding steroid dienone is 1. The van der Waals surface area contributed by atoms with Crippen LogP contribution in [-0.2, 0) is 42.4 Å². The topological polar surface area (TPSA) is 252 Å². The van der Waals surface area contributed by atoms with Crippen LogP contribution < -0.4 is 34.7 Å². The number of hydrogen-bond acceptors (Lipinski definition) is 16. The summed E-state index contributed by atoms with van der Waals surface area (Å²) in [5, 5.41) is 28.8. The van der Waals surface area contributed by atoms with E-state index in [9.17, 15) is 57.1 Å². The van der Waals surface area contributed by atoms with E-state index in [1.807, 2.05) is 0 Å². The Labute approximate surface area is 312 Å². The lowest BCUT2D eigenvalue weighted by atomic mass is 10.2. The molecule has 3 aromatic rings. The predicted octanol–water partition coefficient (Wildman–Crippen LogP) is -0.219. The average Bonchev–Trinajstić information content (AvgIpc) is 3.75. The average molecular weight is 833 g/mol. The van der Waals surface area contributed by atoms with Gasteiger partial charge in [-0.15, -0.1) is 22.7 Å². The first kappa shape index (κ1) is 38.8. The predicted molar refractivity (Wildman–Crippen MR) is 194 cm³/mol. The summed E-state index contributed by atoms with van der Waals surface area (Å²) < 4.78 is 44.2. The Balaban J connectivity index is 1.76. The Hall–Kier alpha value is -4.46. The van der Waals surface area contributed by atoms with E-state index < -0.39 is 70.4 Å². The van der Waals surface area contributed by atoms with E-state index in [4.69, 9.17) is 21.7 Å². The summed E-state index contributed by atoms with van der Waals surface area (Å²) in [7, 11) is -1.56. The van der Waals surface area contributed by atoms with E-state index in [2.05, 4.69) is 0 Å². The van der Waals surface area contributed by atoms with Gasteiger partial charge >= 0.3 is 17.9 Å². The van der Waals surface area contributed by atoms with Gasteiger partial charge < -0.3 is 29.7 Å². The van der Waals surface area contributed by atoms with Gasteiger partial charge in [0.25, 0.3) is 27.1 Å². The fourth-order valence-corrected chi connectivity index (χ4v) is 10.2. The molecule has 1 saturated heterocycles. The molecule has 0 saturated carbocycles. The van der Waals surface area contributed by atoms with Gasteiger partial charge in [0.05, 0.1) is 35.2 Å². The Morgan fingerprint density at radius 3 is 2.00 bits per heavy atom. The molecule has 18 nitrogen and oxygen atoms in total. The SMILES string of the molecule is COc1cc2c(cc1OC)N(CCS(=O)(=O)O)C(=CC=c1s/c(=c3/s/c(=C4/SC(=S)N(CC(=O)O)C4=O)n(CC(=O)O)c3=O)n(CC(=O)O)c1=O)S2. The molecule has 2 aromatic heterocycles. The Morgan fingerprint density at radius 2 is 1.42 bits per heavy atom. The highest BCUT2D eigenvalue weighted by molar-refractivity contribution is 8.30. The van der Waals surface area contributed by atoms with Crippen molar-refractivity contribution in [2.45, 2.75) is 18.0 Å². The van der Waals surface area contributed by atoms with Gasteiger partial charge in [0.2, 0.25) is 0 Å². The van der Waals surface area contributed by atoms with E-state index >= 15 is 0 Å². The fraction of sp³-hybridized carbons (Fsp3) is 0.250. The molecule has 0 atom stereocenters. The van der Waals surface area contributed by atoms with Crippen molar-refractivity contribution in [3.63, 3.8) is 0 Å². The van der Waals surface area contributed by atoms with E-state index in [0.717, 1.165) is 14.0 Å². The minimum Gasteiger partial charge on any atom is -0.493 e. The maximum Gasteiger partial charge on any atom is 0.323 e. The van der Waals surface area contributed by atoms with Crippen LogP contribution in [0.4, 0.5) is 5.69 Å². The summed E-state index contributed by atoms with van der Waals surface area (Å²) in [5.41, 5.74) is -1.29. The smallest absolute Gasteiger partial charge is 0.323 e. The molecule has 2 aliphatic rings. The van der Waals surface area contributed by atoms with Crippen molar-refractivity contribution in [3.05, 3.63) is 62.3 Å². The van der Waals surface area contributed by atoms with Crippen molar-refractivity contribution < 1.29 is 56.9 Å². The van der Waals surface area contributed by atoms with E-state index in [1.165, 1.54) is 38.1 Å². The standard InChI is InChI=1S/C28H24N4O14S6/c1-45-13-7-12-16(8-14(13)46-2)48-17(29(12)5-6-52(42,43)44)4-3-15-23(39)30(9-18(33)34)26(49-15)21-24(40)31(10-19(35)36)27(50-21)22-25(41)32(11-20(37)38)28(47)51-22/h3-4,7-8H,5-6,9-11H2,1-2H3,(H,33,34)(H,35,36)(H,37,38)(H,42,43,44)/b15-3?,17-4?,26-21+,27-22+. The third-order valence-electron chi connectivity index (χ3n) is 7.10. The highest BCUT2D eigenvalue weighted by Crippen LogP contribution is 2.50. The van der Waals surface area contributed by atoms with Gasteiger partial charge in [0.1, 0.15) is 42.7 Å². The molecule has 0 aliphatic carbocycles. The molecular weight excluding hydrogens is 809 g/mol. The number of carbonyl (C=O) groups excluding carboxylic acids is 1. The summed E-state index contributed by atoms with van der Waals surface area (Å²) >= 11 is 8.27. The number of thiocarbonyl (C=S) groups is 1. The van der Waals surface area contributed by atoms with Gasteiger partial charge in [-0.2, -0.15) is 8.42 Å². The van der Waals surface area contributed by atoms with Gasteiger partial charge in [-0.1, -0.05) is 35.7 Å². The van der Waals surface area contributed by atoms with Gasteiger partial charge in [0.15, 0.2) is 11.5 Å². The van der Waals surface area contributed by atoms with Crippen LogP contribution in [0.15, 0.2) is 37.7 Å². The van der Waals surface area contributed by atoms with Crippen molar-refractivity contribution in [3.8, 4) is 11.5 Å². The number of thioether (sulfide) groups is 2. The van der Waals surface area contributed by atoms with Crippen molar-refractivity contribution in [1.29, 1.82) is 0 Å². The lowest BCUT2D eigenvalue weighted by Crippen LogP contribution is -2.35. The number of benzene rings is 1. The first-order valence-corrected chi connectivity index (χ1v) is 19.5. The molecule has 1 amide bonds. The largest absolute Gasteiger partial charge is 0.493 e. The number of methoxy groups -OCH3 is 2. The second-order valence-corrected chi connectivity index (χ2v) is 16.8. The number of fused-ring (bicyclic) bond motifs is 1. The number of aliphatic carboxylic acids is 3. The Kier molecular flexibility index (Phi) is 11.4. The van der Waals surface area contributed by atoms with Crippen molar-refractivity contribution in [2.24, 2.45) is 0 Å². The lowest BCUT2D eigenvalue weighted by molar-refractivity contribution is -0.140. The first-order valence-electron chi connectivity index (χ1n) is 14.2. The zero-order valence-electron chi connectivity index (χ0n) is 26.5. The number of carbonyl (C=O) groups is 4. The molecular formula is C28H24N4O14S6. The first-order chi connectivity index (χ1) is 24.4. The zero-order valence-corrected chi connectivity index (χ0v) is 31.4. The van der Waals surface area contributed by atoms with E-state index in [-0.39, 0.29) is 34.2 Å². The quantitative estimate of drug-likeness (QED) is 0.136. The number of thiazole rings is 2. The van der Waals surface area contributed by atoms with Crippen molar-refractivity contribution >= 4 is 113 Å². The van der Waals surface area contributed by atoms with Crippen LogP contribution in [0.2, 0.25) is 0 Å². The van der Waals surface area contributed by atoms with Crippen LogP contribution in [0, 0.1) is 9.20 Å². The Bertz CT molecular complexity index is 2550. The van der Waals surface area contributed by atoms with Crippen LogP contribution in [0.1, 0.15) is 0 Å². The molecule has 1 aromatic carbocycles.